The second-order valence-corrected chi connectivity index (χ2v) is 4.22. The lowest BCUT2D eigenvalue weighted by Crippen LogP contribution is -1.97. The molecule has 5 nitrogen and oxygen atoms in total. The zero-order valence-electron chi connectivity index (χ0n) is 10.3. The van der Waals surface area contributed by atoms with Gasteiger partial charge in [0.25, 0.3) is 0 Å². The van der Waals surface area contributed by atoms with Crippen LogP contribution in [0.5, 0.6) is 0 Å². The number of benzene rings is 1. The fourth-order valence-electron chi connectivity index (χ4n) is 1.74. The Morgan fingerprint density at radius 3 is 2.83 bits per heavy atom. The number of aromatic nitrogens is 2. The Hall–Kier alpha value is -2.17. The van der Waals surface area contributed by atoms with E-state index in [1.807, 2.05) is 32.0 Å². The SMILES string of the molecule is Cc1ccc(-c2noc(CCC(=O)O)n2)c(C)c1. The van der Waals surface area contributed by atoms with Crippen LogP contribution in [0.3, 0.4) is 0 Å². The van der Waals surface area contributed by atoms with Crippen LogP contribution < -0.4 is 0 Å². The quantitative estimate of drug-likeness (QED) is 0.896. The first-order valence-corrected chi connectivity index (χ1v) is 5.68. The summed E-state index contributed by atoms with van der Waals surface area (Å²) in [5.74, 6) is -0.0125. The largest absolute Gasteiger partial charge is 0.481 e. The molecule has 0 aliphatic carbocycles. The lowest BCUT2D eigenvalue weighted by Gasteiger charge is -2.01. The molecule has 0 amide bonds. The number of aliphatic carboxylic acids is 1. The number of nitrogens with zero attached hydrogens (tertiary/aromatic N) is 2. The third-order valence-corrected chi connectivity index (χ3v) is 2.64. The van der Waals surface area contributed by atoms with E-state index in [0.29, 0.717) is 11.7 Å². The van der Waals surface area contributed by atoms with Gasteiger partial charge in [-0.2, -0.15) is 4.98 Å². The fraction of sp³-hybridized carbons (Fsp3) is 0.308. The number of hydrogen-bond donors (Lipinski definition) is 1. The normalized spacial score (nSPS) is 10.6. The molecule has 5 heteroatoms. The van der Waals surface area contributed by atoms with E-state index in [1.165, 1.54) is 5.56 Å². The van der Waals surface area contributed by atoms with Crippen LogP contribution in [0, 0.1) is 13.8 Å². The summed E-state index contributed by atoms with van der Waals surface area (Å²) in [5, 5.41) is 12.5. The van der Waals surface area contributed by atoms with E-state index < -0.39 is 5.97 Å². The topological polar surface area (TPSA) is 76.2 Å². The molecule has 2 aromatic rings. The predicted molar refractivity (Wildman–Crippen MR) is 65.2 cm³/mol. The molecule has 1 heterocycles. The molecule has 0 aliphatic rings. The van der Waals surface area contributed by atoms with E-state index in [9.17, 15) is 4.79 Å². The molecule has 0 aliphatic heterocycles. The van der Waals surface area contributed by atoms with Crippen molar-refractivity contribution < 1.29 is 14.4 Å². The molecule has 0 spiro atoms. The van der Waals surface area contributed by atoms with E-state index in [4.69, 9.17) is 9.63 Å². The number of carbonyl (C=O) groups is 1. The van der Waals surface area contributed by atoms with Gasteiger partial charge in [-0.3, -0.25) is 4.79 Å². The van der Waals surface area contributed by atoms with Crippen molar-refractivity contribution in [3.63, 3.8) is 0 Å². The minimum atomic E-state index is -0.874. The average Bonchev–Trinajstić information content (AvgIpc) is 2.75. The standard InChI is InChI=1S/C13H14N2O3/c1-8-3-4-10(9(2)7-8)13-14-11(18-15-13)5-6-12(16)17/h3-4,7H,5-6H2,1-2H3,(H,16,17). The molecular weight excluding hydrogens is 232 g/mol. The summed E-state index contributed by atoms with van der Waals surface area (Å²) in [6.07, 6.45) is 0.252. The Kier molecular flexibility index (Phi) is 3.41. The Morgan fingerprint density at radius 1 is 1.39 bits per heavy atom. The van der Waals surface area contributed by atoms with E-state index >= 15 is 0 Å². The molecule has 1 aromatic carbocycles. The maximum Gasteiger partial charge on any atom is 0.303 e. The summed E-state index contributed by atoms with van der Waals surface area (Å²) >= 11 is 0. The van der Waals surface area contributed by atoms with Crippen molar-refractivity contribution in [1.82, 2.24) is 10.1 Å². The van der Waals surface area contributed by atoms with Gasteiger partial charge in [-0.1, -0.05) is 28.9 Å². The zero-order valence-corrected chi connectivity index (χ0v) is 10.3. The van der Waals surface area contributed by atoms with Crippen LogP contribution in [0.15, 0.2) is 22.7 Å². The Balaban J connectivity index is 2.21. The van der Waals surface area contributed by atoms with Crippen LogP contribution in [0.25, 0.3) is 11.4 Å². The van der Waals surface area contributed by atoms with Crippen molar-refractivity contribution in [2.24, 2.45) is 0 Å². The lowest BCUT2D eigenvalue weighted by molar-refractivity contribution is -0.137. The van der Waals surface area contributed by atoms with E-state index in [-0.39, 0.29) is 12.8 Å². The van der Waals surface area contributed by atoms with Gasteiger partial charge in [0, 0.05) is 12.0 Å². The van der Waals surface area contributed by atoms with E-state index in [0.717, 1.165) is 11.1 Å². The molecule has 18 heavy (non-hydrogen) atoms. The van der Waals surface area contributed by atoms with Crippen LogP contribution in [0.2, 0.25) is 0 Å². The Bertz CT molecular complexity index is 575. The van der Waals surface area contributed by atoms with E-state index in [1.54, 1.807) is 0 Å². The first-order chi connectivity index (χ1) is 8.56. The van der Waals surface area contributed by atoms with Gasteiger partial charge in [-0.05, 0) is 19.4 Å². The van der Waals surface area contributed by atoms with Crippen LogP contribution >= 0.6 is 0 Å². The van der Waals surface area contributed by atoms with Crippen molar-refractivity contribution in [2.75, 3.05) is 0 Å². The molecule has 1 N–H and O–H groups in total. The Morgan fingerprint density at radius 2 is 2.17 bits per heavy atom. The maximum absolute atomic E-state index is 10.5. The third kappa shape index (κ3) is 2.74. The summed E-state index contributed by atoms with van der Waals surface area (Å²) in [7, 11) is 0. The van der Waals surface area contributed by atoms with Gasteiger partial charge < -0.3 is 9.63 Å². The van der Waals surface area contributed by atoms with Gasteiger partial charge in [-0.25, -0.2) is 0 Å². The molecule has 0 atom stereocenters. The summed E-state index contributed by atoms with van der Waals surface area (Å²) in [6.45, 7) is 4.00. The van der Waals surface area contributed by atoms with Gasteiger partial charge in [0.05, 0.1) is 6.42 Å². The van der Waals surface area contributed by atoms with Crippen LogP contribution in [0.4, 0.5) is 0 Å². The molecule has 2 rings (SSSR count). The summed E-state index contributed by atoms with van der Waals surface area (Å²) in [5.41, 5.74) is 3.15. The summed E-state index contributed by atoms with van der Waals surface area (Å²) < 4.78 is 5.03. The maximum atomic E-state index is 10.5. The number of hydrogen-bond acceptors (Lipinski definition) is 4. The third-order valence-electron chi connectivity index (χ3n) is 2.64. The lowest BCUT2D eigenvalue weighted by atomic mass is 10.1. The van der Waals surface area contributed by atoms with Crippen LogP contribution in [-0.2, 0) is 11.2 Å². The highest BCUT2D eigenvalue weighted by Gasteiger charge is 2.11. The molecule has 0 unspecified atom stereocenters. The van der Waals surface area contributed by atoms with Crippen molar-refractivity contribution >= 4 is 5.97 Å². The smallest absolute Gasteiger partial charge is 0.303 e. The van der Waals surface area contributed by atoms with Gasteiger partial charge in [0.1, 0.15) is 0 Å². The highest BCUT2D eigenvalue weighted by Crippen LogP contribution is 2.21. The van der Waals surface area contributed by atoms with Crippen molar-refractivity contribution in [2.45, 2.75) is 26.7 Å². The number of aryl methyl sites for hydroxylation is 3. The first-order valence-electron chi connectivity index (χ1n) is 5.68. The number of rotatable bonds is 4. The molecule has 0 bridgehead atoms. The van der Waals surface area contributed by atoms with E-state index in [2.05, 4.69) is 10.1 Å². The monoisotopic (exact) mass is 246 g/mol. The Labute approximate surface area is 104 Å². The van der Waals surface area contributed by atoms with Crippen molar-refractivity contribution in [1.29, 1.82) is 0 Å². The summed E-state index contributed by atoms with van der Waals surface area (Å²) in [6, 6.07) is 5.97. The highest BCUT2D eigenvalue weighted by molar-refractivity contribution is 5.67. The molecule has 0 saturated heterocycles. The number of carboxylic acids is 1. The molecule has 0 fully saturated rings. The summed E-state index contributed by atoms with van der Waals surface area (Å²) in [4.78, 5) is 14.7. The fourth-order valence-corrected chi connectivity index (χ4v) is 1.74. The van der Waals surface area contributed by atoms with Gasteiger partial charge in [0.2, 0.25) is 11.7 Å². The van der Waals surface area contributed by atoms with Crippen LogP contribution in [-0.4, -0.2) is 21.2 Å². The molecule has 0 saturated carbocycles. The highest BCUT2D eigenvalue weighted by atomic mass is 16.5. The van der Waals surface area contributed by atoms with Crippen LogP contribution in [0.1, 0.15) is 23.4 Å². The molecular formula is C13H14N2O3. The van der Waals surface area contributed by atoms with Gasteiger partial charge in [-0.15, -0.1) is 0 Å². The average molecular weight is 246 g/mol. The zero-order chi connectivity index (χ0) is 13.1. The second kappa shape index (κ2) is 5.00. The van der Waals surface area contributed by atoms with Gasteiger partial charge in [0.15, 0.2) is 0 Å². The molecule has 94 valence electrons. The molecule has 0 radical (unpaired) electrons. The van der Waals surface area contributed by atoms with Crippen molar-refractivity contribution in [3.8, 4) is 11.4 Å². The first kappa shape index (κ1) is 12.3. The van der Waals surface area contributed by atoms with Gasteiger partial charge >= 0.3 is 5.97 Å². The minimum Gasteiger partial charge on any atom is -0.481 e. The van der Waals surface area contributed by atoms with Crippen molar-refractivity contribution in [3.05, 3.63) is 35.2 Å². The number of carboxylic acid groups (broad SMARTS) is 1. The second-order valence-electron chi connectivity index (χ2n) is 4.22. The molecule has 1 aromatic heterocycles. The predicted octanol–water partition coefficient (Wildman–Crippen LogP) is 2.37. The minimum absolute atomic E-state index is 0.00544.